The van der Waals surface area contributed by atoms with Gasteiger partial charge < -0.3 is 24.6 Å². The molecule has 7 heteroatoms. The first-order valence-corrected chi connectivity index (χ1v) is 12.4. The Kier molecular flexibility index (Phi) is 9.32. The zero-order valence-electron chi connectivity index (χ0n) is 23.9. The Hall–Kier alpha value is -0.280. The number of aliphatic hydroxyl groups is 2. The average Bonchev–Trinajstić information content (AvgIpc) is 2.48. The second-order valence-corrected chi connectivity index (χ2v) is 13.8. The normalized spacial score (nSPS) is 40.9. The Morgan fingerprint density at radius 3 is 1.42 bits per heavy atom. The molecule has 8 unspecified atom stereocenters. The summed E-state index contributed by atoms with van der Waals surface area (Å²) in [6, 6.07) is -0.271. The molecule has 0 aromatic heterocycles. The molecule has 2 aliphatic rings. The number of nitrogens with zero attached hydrogens (tertiary/aromatic N) is 2. The Morgan fingerprint density at radius 2 is 1.15 bits per heavy atom. The fourth-order valence-corrected chi connectivity index (χ4v) is 5.96. The van der Waals surface area contributed by atoms with Crippen molar-refractivity contribution in [2.45, 2.75) is 130 Å². The maximum Gasteiger partial charge on any atom is 0.173 e. The highest BCUT2D eigenvalue weighted by Gasteiger charge is 2.54. The van der Waals surface area contributed by atoms with Gasteiger partial charge in [-0.05, 0) is 52.6 Å². The van der Waals surface area contributed by atoms with Gasteiger partial charge in [-0.15, -0.1) is 0 Å². The lowest BCUT2D eigenvalue weighted by atomic mass is 9.75. The van der Waals surface area contributed by atoms with Crippen LogP contribution < -0.4 is 0 Å². The Balaban J connectivity index is 0.000000331. The highest BCUT2D eigenvalue weighted by Crippen LogP contribution is 2.40. The molecule has 0 radical (unpaired) electrons. The van der Waals surface area contributed by atoms with Crippen LogP contribution >= 0.6 is 0 Å². The van der Waals surface area contributed by atoms with E-state index in [4.69, 9.17) is 9.47 Å². The molecule has 2 heterocycles. The van der Waals surface area contributed by atoms with E-state index in [1.165, 1.54) is 0 Å². The summed E-state index contributed by atoms with van der Waals surface area (Å²) in [7, 11) is 7.35. The van der Waals surface area contributed by atoms with E-state index >= 15 is 0 Å². The number of ether oxygens (including phenoxy) is 2. The van der Waals surface area contributed by atoms with Crippen molar-refractivity contribution >= 4 is 0 Å². The number of rotatable bonds is 2. The number of quaternary nitrogens is 1. The van der Waals surface area contributed by atoms with Gasteiger partial charge >= 0.3 is 0 Å². The largest absolute Gasteiger partial charge is 0.388 e. The van der Waals surface area contributed by atoms with Crippen LogP contribution in [0.1, 0.15) is 82.1 Å². The number of hydroxylamine groups is 3. The summed E-state index contributed by atoms with van der Waals surface area (Å²) in [6.07, 6.45) is 1.26. The molecule has 0 spiro atoms. The maximum atomic E-state index is 10.6. The molecule has 2 rings (SSSR count). The van der Waals surface area contributed by atoms with Gasteiger partial charge in [-0.2, -0.15) is 4.65 Å². The molecule has 33 heavy (non-hydrogen) atoms. The van der Waals surface area contributed by atoms with Crippen LogP contribution in [0.3, 0.4) is 0 Å². The van der Waals surface area contributed by atoms with Crippen LogP contribution in [0, 0.1) is 10.8 Å². The van der Waals surface area contributed by atoms with Crippen LogP contribution in [0.25, 0.3) is 0 Å². The Bertz CT molecular complexity index is 628. The third-order valence-corrected chi connectivity index (χ3v) is 7.29. The average molecular weight is 476 g/mol. The molecule has 2 fully saturated rings. The van der Waals surface area contributed by atoms with Crippen LogP contribution in [0.15, 0.2) is 0 Å². The van der Waals surface area contributed by atoms with Crippen LogP contribution in [0.5, 0.6) is 0 Å². The van der Waals surface area contributed by atoms with Gasteiger partial charge in [0.25, 0.3) is 0 Å². The lowest BCUT2D eigenvalue weighted by Gasteiger charge is -2.50. The Morgan fingerprint density at radius 1 is 0.788 bits per heavy atom. The molecule has 2 saturated heterocycles. The van der Waals surface area contributed by atoms with E-state index in [0.717, 1.165) is 0 Å². The van der Waals surface area contributed by atoms with Crippen molar-refractivity contribution in [3.63, 3.8) is 0 Å². The van der Waals surface area contributed by atoms with E-state index in [0.29, 0.717) is 12.8 Å². The van der Waals surface area contributed by atoms with E-state index in [1.54, 1.807) is 21.0 Å². The van der Waals surface area contributed by atoms with Gasteiger partial charge in [0.1, 0.15) is 11.7 Å². The summed E-state index contributed by atoms with van der Waals surface area (Å²) in [5.41, 5.74) is -1.53. The summed E-state index contributed by atoms with van der Waals surface area (Å²) in [6.45, 7) is 20.5. The van der Waals surface area contributed by atoms with Gasteiger partial charge in [-0.1, -0.05) is 41.5 Å². The van der Waals surface area contributed by atoms with Gasteiger partial charge in [-0.25, -0.2) is 5.21 Å². The zero-order chi connectivity index (χ0) is 26.4. The predicted molar refractivity (Wildman–Crippen MR) is 133 cm³/mol. The van der Waals surface area contributed by atoms with Crippen molar-refractivity contribution in [2.24, 2.45) is 10.8 Å². The molecule has 3 N–H and O–H groups in total. The molecular formula is C26H55N2O5+. The first-order valence-electron chi connectivity index (χ1n) is 12.4. The van der Waals surface area contributed by atoms with Gasteiger partial charge in [0.15, 0.2) is 6.04 Å². The minimum absolute atomic E-state index is 0.00415. The first-order chi connectivity index (χ1) is 14.4. The maximum absolute atomic E-state index is 10.6. The zero-order valence-corrected chi connectivity index (χ0v) is 23.9. The number of likely N-dealkylation sites (N-methyl/N-ethyl adjacent to an activating group) is 2. The second-order valence-electron chi connectivity index (χ2n) is 13.8. The molecule has 7 nitrogen and oxygen atoms in total. The van der Waals surface area contributed by atoms with Crippen molar-refractivity contribution in [1.82, 2.24) is 4.90 Å². The topological polar surface area (TPSA) is 82.4 Å². The molecule has 0 amide bonds. The van der Waals surface area contributed by atoms with Crippen molar-refractivity contribution in [3.05, 3.63) is 0 Å². The second kappa shape index (κ2) is 10.00. The number of hydrogen-bond acceptors (Lipinski definition) is 6. The molecular weight excluding hydrogens is 420 g/mol. The predicted octanol–water partition coefficient (Wildman–Crippen LogP) is 3.69. The van der Waals surface area contributed by atoms with Gasteiger partial charge in [0, 0.05) is 12.8 Å². The summed E-state index contributed by atoms with van der Waals surface area (Å²) in [5, 5.41) is 31.3. The first kappa shape index (κ1) is 30.8. The summed E-state index contributed by atoms with van der Waals surface area (Å²) in [4.78, 5) is 2.06. The summed E-state index contributed by atoms with van der Waals surface area (Å²) < 4.78 is 11.8. The number of hydrogen-bond donors (Lipinski definition) is 3. The minimum Gasteiger partial charge on any atom is -0.388 e. The third-order valence-electron chi connectivity index (χ3n) is 7.29. The van der Waals surface area contributed by atoms with E-state index in [2.05, 4.69) is 53.4 Å². The molecule has 8 atom stereocenters. The van der Waals surface area contributed by atoms with Crippen LogP contribution in [0.2, 0.25) is 0 Å². The van der Waals surface area contributed by atoms with Crippen molar-refractivity contribution in [2.75, 3.05) is 28.2 Å². The van der Waals surface area contributed by atoms with Crippen LogP contribution in [0.4, 0.5) is 0 Å². The van der Waals surface area contributed by atoms with Crippen LogP contribution in [-0.4, -0.2) is 101 Å². The fourth-order valence-electron chi connectivity index (χ4n) is 5.96. The lowest BCUT2D eigenvalue weighted by molar-refractivity contribution is -1.10. The van der Waals surface area contributed by atoms with Crippen molar-refractivity contribution < 1.29 is 29.5 Å². The molecule has 0 aromatic rings. The Labute approximate surface area is 203 Å². The molecule has 198 valence electrons. The minimum atomic E-state index is -0.923. The van der Waals surface area contributed by atoms with E-state index in [9.17, 15) is 15.4 Å². The smallest absolute Gasteiger partial charge is 0.173 e. The third kappa shape index (κ3) is 7.86. The van der Waals surface area contributed by atoms with Crippen molar-refractivity contribution in [1.29, 1.82) is 0 Å². The molecule has 0 bridgehead atoms. The summed E-state index contributed by atoms with van der Waals surface area (Å²) in [5.74, 6) is 0. The van der Waals surface area contributed by atoms with Crippen molar-refractivity contribution in [3.8, 4) is 0 Å². The summed E-state index contributed by atoms with van der Waals surface area (Å²) >= 11 is 0. The van der Waals surface area contributed by atoms with E-state index in [1.807, 2.05) is 27.9 Å². The van der Waals surface area contributed by atoms with Gasteiger partial charge in [0.05, 0.1) is 44.1 Å². The van der Waals surface area contributed by atoms with E-state index < -0.39 is 11.2 Å². The highest BCUT2D eigenvalue weighted by molar-refractivity contribution is 5.00. The SMILES string of the molecule is CC1OC(C(C)(C)C)CC(C)(O)C1N(C)C.CC1OC(C(C)(C)C)CC(C)(O)C1[N+](C)(C)O. The van der Waals surface area contributed by atoms with Crippen LogP contribution in [-0.2, 0) is 9.47 Å². The molecule has 2 aliphatic heterocycles. The lowest BCUT2D eigenvalue weighted by Crippen LogP contribution is -2.68. The fraction of sp³-hybridized carbons (Fsp3) is 1.00. The quantitative estimate of drug-likeness (QED) is 0.417. The molecule has 0 aliphatic carbocycles. The van der Waals surface area contributed by atoms with Gasteiger partial charge in [-0.3, -0.25) is 0 Å². The monoisotopic (exact) mass is 475 g/mol. The molecule has 0 aromatic carbocycles. The molecule has 0 saturated carbocycles. The van der Waals surface area contributed by atoms with Gasteiger partial charge in [0.2, 0.25) is 0 Å². The standard InChI is InChI=1S/C13H28NO3.C13H27NO2/c1-9-11(14(6,7)16)13(5,15)8-10(17-9)12(2,3)4;1-9-11(14(6)7)13(5,15)8-10(16-9)12(2,3)4/h9-11,15-16H,8H2,1-7H3;9-11,15H,8H2,1-7H3/q+1;. The van der Waals surface area contributed by atoms with E-state index in [-0.39, 0.29) is 52.0 Å². The highest BCUT2D eigenvalue weighted by atomic mass is 16.6.